The number of alkyl halides is 3. The van der Waals surface area contributed by atoms with Gasteiger partial charge in [-0.25, -0.2) is 0 Å². The molecule has 116 valence electrons. The van der Waals surface area contributed by atoms with Gasteiger partial charge in [0.1, 0.15) is 6.61 Å². The first-order valence-electron chi connectivity index (χ1n) is 6.87. The van der Waals surface area contributed by atoms with Crippen LogP contribution in [0.2, 0.25) is 0 Å². The second-order valence-corrected chi connectivity index (χ2v) is 4.62. The van der Waals surface area contributed by atoms with E-state index in [2.05, 4.69) is 10.4 Å². The SMILES string of the molecule is CCCNC(COCC(F)(F)F)c1ccnn1CCC. The van der Waals surface area contributed by atoms with Crippen molar-refractivity contribution >= 4 is 0 Å². The molecule has 0 saturated carbocycles. The van der Waals surface area contributed by atoms with E-state index in [1.54, 1.807) is 6.20 Å². The molecule has 0 bridgehead atoms. The molecule has 0 fully saturated rings. The summed E-state index contributed by atoms with van der Waals surface area (Å²) in [7, 11) is 0. The molecule has 0 saturated heterocycles. The summed E-state index contributed by atoms with van der Waals surface area (Å²) >= 11 is 0. The van der Waals surface area contributed by atoms with Gasteiger partial charge in [0.2, 0.25) is 0 Å². The lowest BCUT2D eigenvalue weighted by Gasteiger charge is -2.20. The van der Waals surface area contributed by atoms with Crippen LogP contribution in [0.5, 0.6) is 0 Å². The van der Waals surface area contributed by atoms with Gasteiger partial charge in [0.15, 0.2) is 0 Å². The van der Waals surface area contributed by atoms with Crippen LogP contribution in [0.1, 0.15) is 38.4 Å². The van der Waals surface area contributed by atoms with Crippen molar-refractivity contribution in [3.8, 4) is 0 Å². The fourth-order valence-corrected chi connectivity index (χ4v) is 1.90. The molecule has 1 N–H and O–H groups in total. The predicted molar refractivity (Wildman–Crippen MR) is 70.4 cm³/mol. The van der Waals surface area contributed by atoms with Crippen LogP contribution in [0.4, 0.5) is 13.2 Å². The van der Waals surface area contributed by atoms with E-state index < -0.39 is 12.8 Å². The third kappa shape index (κ3) is 5.92. The molecule has 1 aromatic rings. The molecule has 0 aliphatic heterocycles. The molecule has 1 atom stereocenters. The van der Waals surface area contributed by atoms with Crippen LogP contribution in [-0.2, 0) is 11.3 Å². The molecule has 1 aromatic heterocycles. The normalized spacial score (nSPS) is 13.7. The largest absolute Gasteiger partial charge is 0.411 e. The van der Waals surface area contributed by atoms with Crippen LogP contribution in [0.3, 0.4) is 0 Å². The van der Waals surface area contributed by atoms with Crippen molar-refractivity contribution in [3.05, 3.63) is 18.0 Å². The number of nitrogens with one attached hydrogen (secondary N) is 1. The van der Waals surface area contributed by atoms with E-state index in [-0.39, 0.29) is 12.6 Å². The molecular formula is C13H22F3N3O. The zero-order valence-corrected chi connectivity index (χ0v) is 11.9. The number of halogens is 3. The number of ether oxygens (including phenoxy) is 1. The number of rotatable bonds is 9. The lowest BCUT2D eigenvalue weighted by molar-refractivity contribution is -0.175. The lowest BCUT2D eigenvalue weighted by atomic mass is 10.2. The lowest BCUT2D eigenvalue weighted by Crippen LogP contribution is -2.30. The average molecular weight is 293 g/mol. The van der Waals surface area contributed by atoms with Gasteiger partial charge in [-0.15, -0.1) is 0 Å². The summed E-state index contributed by atoms with van der Waals surface area (Å²) in [6.07, 6.45) is -0.815. The van der Waals surface area contributed by atoms with Crippen LogP contribution in [0.25, 0.3) is 0 Å². The van der Waals surface area contributed by atoms with E-state index in [1.807, 2.05) is 24.6 Å². The Morgan fingerprint density at radius 2 is 2.10 bits per heavy atom. The fraction of sp³-hybridized carbons (Fsp3) is 0.769. The van der Waals surface area contributed by atoms with E-state index in [9.17, 15) is 13.2 Å². The van der Waals surface area contributed by atoms with Crippen LogP contribution in [-0.4, -0.2) is 35.7 Å². The Morgan fingerprint density at radius 3 is 2.70 bits per heavy atom. The first-order valence-corrected chi connectivity index (χ1v) is 6.87. The van der Waals surface area contributed by atoms with E-state index in [0.717, 1.165) is 31.6 Å². The molecule has 1 heterocycles. The first kappa shape index (κ1) is 17.0. The number of hydrogen-bond donors (Lipinski definition) is 1. The van der Waals surface area contributed by atoms with E-state index in [4.69, 9.17) is 4.74 Å². The van der Waals surface area contributed by atoms with Gasteiger partial charge in [0, 0.05) is 12.7 Å². The highest BCUT2D eigenvalue weighted by Crippen LogP contribution is 2.18. The molecule has 20 heavy (non-hydrogen) atoms. The van der Waals surface area contributed by atoms with Gasteiger partial charge in [-0.2, -0.15) is 18.3 Å². The summed E-state index contributed by atoms with van der Waals surface area (Å²) in [5, 5.41) is 7.39. The maximum Gasteiger partial charge on any atom is 0.411 e. The summed E-state index contributed by atoms with van der Waals surface area (Å²) in [4.78, 5) is 0. The molecule has 4 nitrogen and oxygen atoms in total. The number of nitrogens with zero attached hydrogens (tertiary/aromatic N) is 2. The highest BCUT2D eigenvalue weighted by molar-refractivity contribution is 5.07. The Bertz CT molecular complexity index is 379. The van der Waals surface area contributed by atoms with Crippen molar-refractivity contribution in [2.24, 2.45) is 0 Å². The van der Waals surface area contributed by atoms with Gasteiger partial charge < -0.3 is 10.1 Å². The standard InChI is InChI=1S/C13H22F3N3O/c1-3-6-17-11(9-20-10-13(14,15)16)12-5-7-18-19(12)8-4-2/h5,7,11,17H,3-4,6,8-10H2,1-2H3. The van der Waals surface area contributed by atoms with Gasteiger partial charge in [-0.1, -0.05) is 13.8 Å². The number of aromatic nitrogens is 2. The van der Waals surface area contributed by atoms with Crippen molar-refractivity contribution < 1.29 is 17.9 Å². The van der Waals surface area contributed by atoms with Gasteiger partial charge in [0.25, 0.3) is 0 Å². The van der Waals surface area contributed by atoms with Crippen LogP contribution < -0.4 is 5.32 Å². The van der Waals surface area contributed by atoms with Gasteiger partial charge in [-0.05, 0) is 25.5 Å². The fourth-order valence-electron chi connectivity index (χ4n) is 1.90. The molecule has 0 spiro atoms. The maximum absolute atomic E-state index is 12.1. The zero-order chi connectivity index (χ0) is 15.0. The Kier molecular flexibility index (Phi) is 7.01. The minimum Gasteiger partial charge on any atom is -0.370 e. The van der Waals surface area contributed by atoms with Crippen molar-refractivity contribution in [2.75, 3.05) is 19.8 Å². The third-order valence-electron chi connectivity index (χ3n) is 2.73. The molecule has 0 aromatic carbocycles. The average Bonchev–Trinajstić information content (AvgIpc) is 2.81. The summed E-state index contributed by atoms with van der Waals surface area (Å²) in [5.74, 6) is 0. The van der Waals surface area contributed by atoms with Gasteiger partial charge >= 0.3 is 6.18 Å². The summed E-state index contributed by atoms with van der Waals surface area (Å²) < 4.78 is 43.0. The molecule has 0 aliphatic carbocycles. The van der Waals surface area contributed by atoms with Crippen molar-refractivity contribution in [1.29, 1.82) is 0 Å². The molecule has 0 radical (unpaired) electrons. The third-order valence-corrected chi connectivity index (χ3v) is 2.73. The van der Waals surface area contributed by atoms with E-state index >= 15 is 0 Å². The minimum atomic E-state index is -4.29. The molecular weight excluding hydrogens is 271 g/mol. The first-order chi connectivity index (χ1) is 9.48. The van der Waals surface area contributed by atoms with Crippen LogP contribution >= 0.6 is 0 Å². The van der Waals surface area contributed by atoms with Crippen LogP contribution in [0.15, 0.2) is 12.3 Å². The monoisotopic (exact) mass is 293 g/mol. The Morgan fingerprint density at radius 1 is 1.35 bits per heavy atom. The topological polar surface area (TPSA) is 39.1 Å². The molecule has 0 amide bonds. The number of aryl methyl sites for hydroxylation is 1. The van der Waals surface area contributed by atoms with Crippen molar-refractivity contribution in [1.82, 2.24) is 15.1 Å². The smallest absolute Gasteiger partial charge is 0.370 e. The zero-order valence-electron chi connectivity index (χ0n) is 11.9. The molecule has 1 rings (SSSR count). The molecule has 1 unspecified atom stereocenters. The summed E-state index contributed by atoms with van der Waals surface area (Å²) in [6, 6.07) is 1.55. The highest BCUT2D eigenvalue weighted by Gasteiger charge is 2.28. The van der Waals surface area contributed by atoms with Gasteiger partial charge in [0.05, 0.1) is 18.3 Å². The number of hydrogen-bond acceptors (Lipinski definition) is 3. The second-order valence-electron chi connectivity index (χ2n) is 4.62. The van der Waals surface area contributed by atoms with E-state index in [0.29, 0.717) is 0 Å². The van der Waals surface area contributed by atoms with E-state index in [1.165, 1.54) is 0 Å². The van der Waals surface area contributed by atoms with Crippen LogP contribution in [0, 0.1) is 0 Å². The Hall–Kier alpha value is -1.08. The van der Waals surface area contributed by atoms with Gasteiger partial charge in [-0.3, -0.25) is 4.68 Å². The molecule has 7 heteroatoms. The maximum atomic E-state index is 12.1. The second kappa shape index (κ2) is 8.26. The predicted octanol–water partition coefficient (Wildman–Crippen LogP) is 2.91. The summed E-state index contributed by atoms with van der Waals surface area (Å²) in [6.45, 7) is 4.25. The Labute approximate surface area is 117 Å². The Balaban J connectivity index is 2.65. The molecule has 0 aliphatic rings. The van der Waals surface area contributed by atoms with Crippen molar-refractivity contribution in [2.45, 2.75) is 45.5 Å². The van der Waals surface area contributed by atoms with Crippen molar-refractivity contribution in [3.63, 3.8) is 0 Å². The minimum absolute atomic E-state index is 0.0189. The summed E-state index contributed by atoms with van der Waals surface area (Å²) in [5.41, 5.74) is 0.863. The highest BCUT2D eigenvalue weighted by atomic mass is 19.4. The quantitative estimate of drug-likeness (QED) is 0.761.